The van der Waals surface area contributed by atoms with E-state index < -0.39 is 0 Å². The van der Waals surface area contributed by atoms with Crippen LogP contribution in [0.1, 0.15) is 19.4 Å². The first-order valence-corrected chi connectivity index (χ1v) is 7.36. The number of aliphatic imine (C=N–C) groups is 1. The maximum atomic E-state index is 5.13. The molecular formula is C16H29IN4O. The average molecular weight is 420 g/mol. The third-order valence-electron chi connectivity index (χ3n) is 3.02. The van der Waals surface area contributed by atoms with Gasteiger partial charge in [-0.3, -0.25) is 0 Å². The fraction of sp³-hybridized carbons (Fsp3) is 0.562. The Bertz CT molecular complexity index is 434. The van der Waals surface area contributed by atoms with Crippen molar-refractivity contribution in [1.82, 2.24) is 10.6 Å². The van der Waals surface area contributed by atoms with E-state index in [0.29, 0.717) is 13.2 Å². The highest BCUT2D eigenvalue weighted by atomic mass is 127. The van der Waals surface area contributed by atoms with Crippen LogP contribution < -0.4 is 15.5 Å². The molecule has 0 aromatic heterocycles. The van der Waals surface area contributed by atoms with Gasteiger partial charge < -0.3 is 20.3 Å². The number of nitrogens with zero attached hydrogens (tertiary/aromatic N) is 2. The number of halogens is 1. The van der Waals surface area contributed by atoms with Crippen LogP contribution in [-0.4, -0.2) is 46.4 Å². The first-order chi connectivity index (χ1) is 10.1. The molecule has 1 aromatic rings. The van der Waals surface area contributed by atoms with E-state index >= 15 is 0 Å². The van der Waals surface area contributed by atoms with Gasteiger partial charge in [0.05, 0.1) is 13.2 Å². The molecule has 0 aliphatic heterocycles. The van der Waals surface area contributed by atoms with Crippen LogP contribution in [0.5, 0.6) is 0 Å². The van der Waals surface area contributed by atoms with Gasteiger partial charge in [0.25, 0.3) is 0 Å². The summed E-state index contributed by atoms with van der Waals surface area (Å²) < 4.78 is 5.13. The Kier molecular flexibility index (Phi) is 11.0. The molecular weight excluding hydrogens is 391 g/mol. The van der Waals surface area contributed by atoms with E-state index in [1.807, 2.05) is 14.1 Å². The SMILES string of the molecule is CCNC(=NCc1ccc(N(C)C)cc1)NC(C)COC.I. The first kappa shape index (κ1) is 21.0. The van der Waals surface area contributed by atoms with Crippen LogP contribution in [0.4, 0.5) is 5.69 Å². The monoisotopic (exact) mass is 420 g/mol. The lowest BCUT2D eigenvalue weighted by Gasteiger charge is -2.17. The number of benzene rings is 1. The number of nitrogens with one attached hydrogen (secondary N) is 2. The Balaban J connectivity index is 0.00000441. The smallest absolute Gasteiger partial charge is 0.191 e. The zero-order chi connectivity index (χ0) is 15.7. The number of anilines is 1. The van der Waals surface area contributed by atoms with Crippen molar-refractivity contribution in [3.05, 3.63) is 29.8 Å². The van der Waals surface area contributed by atoms with Crippen LogP contribution in [0.25, 0.3) is 0 Å². The summed E-state index contributed by atoms with van der Waals surface area (Å²) in [5.74, 6) is 0.818. The van der Waals surface area contributed by atoms with E-state index in [1.54, 1.807) is 7.11 Å². The van der Waals surface area contributed by atoms with E-state index in [4.69, 9.17) is 4.74 Å². The van der Waals surface area contributed by atoms with Crippen molar-refractivity contribution < 1.29 is 4.74 Å². The van der Waals surface area contributed by atoms with Crippen molar-refractivity contribution in [2.24, 2.45) is 4.99 Å². The quantitative estimate of drug-likeness (QED) is 0.404. The maximum Gasteiger partial charge on any atom is 0.191 e. The van der Waals surface area contributed by atoms with Gasteiger partial charge in [-0.1, -0.05) is 12.1 Å². The number of hydrogen-bond donors (Lipinski definition) is 2. The third-order valence-corrected chi connectivity index (χ3v) is 3.02. The molecule has 0 bridgehead atoms. The molecule has 6 heteroatoms. The second kappa shape index (κ2) is 11.5. The minimum Gasteiger partial charge on any atom is -0.383 e. The van der Waals surface area contributed by atoms with Crippen molar-refractivity contribution in [1.29, 1.82) is 0 Å². The lowest BCUT2D eigenvalue weighted by Crippen LogP contribution is -2.43. The second-order valence-corrected chi connectivity index (χ2v) is 5.26. The topological polar surface area (TPSA) is 48.9 Å². The lowest BCUT2D eigenvalue weighted by atomic mass is 10.2. The summed E-state index contributed by atoms with van der Waals surface area (Å²) in [5.41, 5.74) is 2.39. The lowest BCUT2D eigenvalue weighted by molar-refractivity contribution is 0.179. The third kappa shape index (κ3) is 7.84. The minimum absolute atomic E-state index is 0. The first-order valence-electron chi connectivity index (χ1n) is 7.36. The summed E-state index contributed by atoms with van der Waals surface area (Å²) in [6, 6.07) is 8.67. The van der Waals surface area contributed by atoms with Crippen LogP contribution in [0.2, 0.25) is 0 Å². The molecule has 0 aliphatic carbocycles. The molecule has 0 spiro atoms. The molecule has 22 heavy (non-hydrogen) atoms. The maximum absolute atomic E-state index is 5.13. The zero-order valence-electron chi connectivity index (χ0n) is 14.2. The molecule has 1 aromatic carbocycles. The van der Waals surface area contributed by atoms with E-state index in [2.05, 4.69) is 58.6 Å². The van der Waals surface area contributed by atoms with Crippen molar-refractivity contribution in [3.8, 4) is 0 Å². The van der Waals surface area contributed by atoms with E-state index in [1.165, 1.54) is 11.3 Å². The van der Waals surface area contributed by atoms with Gasteiger partial charge in [0.1, 0.15) is 0 Å². The van der Waals surface area contributed by atoms with Crippen molar-refractivity contribution in [3.63, 3.8) is 0 Å². The van der Waals surface area contributed by atoms with Crippen LogP contribution in [0.15, 0.2) is 29.3 Å². The molecule has 2 N–H and O–H groups in total. The highest BCUT2D eigenvalue weighted by molar-refractivity contribution is 14.0. The summed E-state index contributed by atoms with van der Waals surface area (Å²) in [7, 11) is 5.78. The predicted molar refractivity (Wildman–Crippen MR) is 105 cm³/mol. The molecule has 0 saturated heterocycles. The molecule has 5 nitrogen and oxygen atoms in total. The van der Waals surface area contributed by atoms with Gasteiger partial charge in [0, 0.05) is 39.5 Å². The molecule has 126 valence electrons. The van der Waals surface area contributed by atoms with Gasteiger partial charge in [0.15, 0.2) is 5.96 Å². The Labute approximate surface area is 151 Å². The van der Waals surface area contributed by atoms with E-state index in [-0.39, 0.29) is 30.0 Å². The summed E-state index contributed by atoms with van der Waals surface area (Å²) in [4.78, 5) is 6.69. The minimum atomic E-state index is 0. The second-order valence-electron chi connectivity index (χ2n) is 5.26. The summed E-state index contributed by atoms with van der Waals surface area (Å²) in [5, 5.41) is 6.57. The molecule has 0 saturated carbocycles. The van der Waals surface area contributed by atoms with Crippen molar-refractivity contribution in [2.45, 2.75) is 26.4 Å². The molecule has 1 atom stereocenters. The Morgan fingerprint density at radius 1 is 1.27 bits per heavy atom. The Morgan fingerprint density at radius 3 is 2.41 bits per heavy atom. The highest BCUT2D eigenvalue weighted by Gasteiger charge is 2.04. The van der Waals surface area contributed by atoms with Crippen LogP contribution in [-0.2, 0) is 11.3 Å². The van der Waals surface area contributed by atoms with Crippen molar-refractivity contribution in [2.75, 3.05) is 39.3 Å². The molecule has 0 heterocycles. The molecule has 0 fully saturated rings. The van der Waals surface area contributed by atoms with Gasteiger partial charge >= 0.3 is 0 Å². The largest absolute Gasteiger partial charge is 0.383 e. The zero-order valence-corrected chi connectivity index (χ0v) is 16.5. The molecule has 0 aliphatic rings. The molecule has 0 radical (unpaired) electrons. The van der Waals surface area contributed by atoms with Gasteiger partial charge in [-0.2, -0.15) is 0 Å². The summed E-state index contributed by atoms with van der Waals surface area (Å²) >= 11 is 0. The predicted octanol–water partition coefficient (Wildman–Crippen LogP) is 2.46. The molecule has 0 amide bonds. The number of rotatable bonds is 7. The Morgan fingerprint density at radius 2 is 1.91 bits per heavy atom. The highest BCUT2D eigenvalue weighted by Crippen LogP contribution is 2.12. The fourth-order valence-corrected chi connectivity index (χ4v) is 1.91. The van der Waals surface area contributed by atoms with Crippen LogP contribution in [0, 0.1) is 0 Å². The fourth-order valence-electron chi connectivity index (χ4n) is 1.91. The van der Waals surface area contributed by atoms with Crippen LogP contribution in [0.3, 0.4) is 0 Å². The number of guanidine groups is 1. The summed E-state index contributed by atoms with van der Waals surface area (Å²) in [6.45, 7) is 6.28. The van der Waals surface area contributed by atoms with Gasteiger partial charge in [-0.15, -0.1) is 24.0 Å². The average Bonchev–Trinajstić information content (AvgIpc) is 2.45. The van der Waals surface area contributed by atoms with E-state index in [9.17, 15) is 0 Å². The van der Waals surface area contributed by atoms with Gasteiger partial charge in [-0.25, -0.2) is 4.99 Å². The normalized spacial score (nSPS) is 12.3. The van der Waals surface area contributed by atoms with E-state index in [0.717, 1.165) is 12.5 Å². The van der Waals surface area contributed by atoms with Gasteiger partial charge in [0.2, 0.25) is 0 Å². The van der Waals surface area contributed by atoms with Gasteiger partial charge in [-0.05, 0) is 31.5 Å². The standard InChI is InChI=1S/C16H28N4O.HI/c1-6-17-16(19-13(2)12-21-5)18-11-14-7-9-15(10-8-14)20(3)4;/h7-10,13H,6,11-12H2,1-5H3,(H2,17,18,19);1H. The molecule has 1 rings (SSSR count). The van der Waals surface area contributed by atoms with Crippen molar-refractivity contribution >= 4 is 35.6 Å². The molecule has 1 unspecified atom stereocenters. The summed E-state index contributed by atoms with van der Waals surface area (Å²) in [6.07, 6.45) is 0. The number of hydrogen-bond acceptors (Lipinski definition) is 3. The Hall–Kier alpha value is -1.02. The number of methoxy groups -OCH3 is 1. The van der Waals surface area contributed by atoms with Crippen LogP contribution >= 0.6 is 24.0 Å². The number of ether oxygens (including phenoxy) is 1.